The van der Waals surface area contributed by atoms with Crippen molar-refractivity contribution < 1.29 is 9.90 Å². The molecule has 0 saturated heterocycles. The molecular weight excluding hydrogens is 190 g/mol. The van der Waals surface area contributed by atoms with Gasteiger partial charge in [0.05, 0.1) is 6.42 Å². The molecule has 82 valence electrons. The van der Waals surface area contributed by atoms with Gasteiger partial charge in [-0.05, 0) is 18.9 Å². The van der Waals surface area contributed by atoms with Crippen molar-refractivity contribution in [1.82, 2.24) is 5.32 Å². The molecule has 0 spiro atoms. The molecule has 0 aliphatic heterocycles. The Balaban J connectivity index is 2.37. The standard InChI is InChI=1S/C12H17NO2/c1-10-4-2-5-11(8-10)9-12(15)13-6-3-7-14/h2,4-5,8,14H,3,6-7,9H2,1H3,(H,13,15). The monoisotopic (exact) mass is 207 g/mol. The lowest BCUT2D eigenvalue weighted by molar-refractivity contribution is -0.120. The van der Waals surface area contributed by atoms with Crippen LogP contribution < -0.4 is 5.32 Å². The third kappa shape index (κ3) is 4.61. The fourth-order valence-electron chi connectivity index (χ4n) is 1.38. The second-order valence-corrected chi connectivity index (χ2v) is 3.59. The molecule has 0 radical (unpaired) electrons. The first-order chi connectivity index (χ1) is 7.22. The Kier molecular flexibility index (Phi) is 4.84. The molecule has 0 aliphatic rings. The first-order valence-electron chi connectivity index (χ1n) is 5.15. The lowest BCUT2D eigenvalue weighted by atomic mass is 10.1. The maximum Gasteiger partial charge on any atom is 0.224 e. The summed E-state index contributed by atoms with van der Waals surface area (Å²) in [6.07, 6.45) is 1.02. The minimum absolute atomic E-state index is 0.00838. The molecule has 3 heteroatoms. The van der Waals surface area contributed by atoms with E-state index in [1.54, 1.807) is 0 Å². The highest BCUT2D eigenvalue weighted by molar-refractivity contribution is 5.78. The van der Waals surface area contributed by atoms with Crippen LogP contribution in [0, 0.1) is 6.92 Å². The van der Waals surface area contributed by atoms with Gasteiger partial charge in [-0.3, -0.25) is 4.79 Å². The van der Waals surface area contributed by atoms with Crippen LogP contribution in [0.15, 0.2) is 24.3 Å². The van der Waals surface area contributed by atoms with Gasteiger partial charge in [-0.25, -0.2) is 0 Å². The number of carbonyl (C=O) groups excluding carboxylic acids is 1. The zero-order chi connectivity index (χ0) is 11.1. The predicted octanol–water partition coefficient (Wildman–Crippen LogP) is 1.04. The average molecular weight is 207 g/mol. The number of rotatable bonds is 5. The maximum atomic E-state index is 11.4. The number of amides is 1. The molecule has 15 heavy (non-hydrogen) atoms. The maximum absolute atomic E-state index is 11.4. The molecular formula is C12H17NO2. The Morgan fingerprint density at radius 1 is 1.47 bits per heavy atom. The molecule has 0 aliphatic carbocycles. The average Bonchev–Trinajstić information content (AvgIpc) is 2.18. The summed E-state index contributed by atoms with van der Waals surface area (Å²) in [4.78, 5) is 11.4. The van der Waals surface area contributed by atoms with E-state index in [0.29, 0.717) is 19.4 Å². The topological polar surface area (TPSA) is 49.3 Å². The number of nitrogens with one attached hydrogen (secondary N) is 1. The number of hydrogen-bond donors (Lipinski definition) is 2. The Labute approximate surface area is 90.1 Å². The number of carbonyl (C=O) groups is 1. The molecule has 0 unspecified atom stereocenters. The van der Waals surface area contributed by atoms with Gasteiger partial charge in [0.2, 0.25) is 5.91 Å². The number of hydrogen-bond acceptors (Lipinski definition) is 2. The molecule has 3 nitrogen and oxygen atoms in total. The third-order valence-corrected chi connectivity index (χ3v) is 2.10. The van der Waals surface area contributed by atoms with Gasteiger partial charge in [0, 0.05) is 13.2 Å². The number of aliphatic hydroxyl groups is 1. The van der Waals surface area contributed by atoms with Gasteiger partial charge in [0.1, 0.15) is 0 Å². The van der Waals surface area contributed by atoms with Crippen molar-refractivity contribution in [3.8, 4) is 0 Å². The fourth-order valence-corrected chi connectivity index (χ4v) is 1.38. The van der Waals surface area contributed by atoms with Gasteiger partial charge < -0.3 is 10.4 Å². The second-order valence-electron chi connectivity index (χ2n) is 3.59. The Bertz CT molecular complexity index is 323. The Morgan fingerprint density at radius 3 is 2.93 bits per heavy atom. The lowest BCUT2D eigenvalue weighted by Crippen LogP contribution is -2.26. The van der Waals surface area contributed by atoms with E-state index < -0.39 is 0 Å². The van der Waals surface area contributed by atoms with Crippen LogP contribution in [-0.4, -0.2) is 24.2 Å². The number of benzene rings is 1. The van der Waals surface area contributed by atoms with Crippen LogP contribution in [0.2, 0.25) is 0 Å². The SMILES string of the molecule is Cc1cccc(CC(=O)NCCCO)c1. The van der Waals surface area contributed by atoms with Crippen LogP contribution in [0.25, 0.3) is 0 Å². The second kappa shape index (κ2) is 6.19. The van der Waals surface area contributed by atoms with Gasteiger partial charge >= 0.3 is 0 Å². The van der Waals surface area contributed by atoms with Crippen LogP contribution >= 0.6 is 0 Å². The quantitative estimate of drug-likeness (QED) is 0.709. The van der Waals surface area contributed by atoms with E-state index in [1.807, 2.05) is 31.2 Å². The molecule has 0 atom stereocenters. The van der Waals surface area contributed by atoms with Crippen molar-refractivity contribution in [3.05, 3.63) is 35.4 Å². The van der Waals surface area contributed by atoms with Crippen LogP contribution in [0.3, 0.4) is 0 Å². The zero-order valence-corrected chi connectivity index (χ0v) is 8.99. The fraction of sp³-hybridized carbons (Fsp3) is 0.417. The molecule has 0 heterocycles. The van der Waals surface area contributed by atoms with E-state index in [4.69, 9.17) is 5.11 Å². The van der Waals surface area contributed by atoms with Gasteiger partial charge in [0.15, 0.2) is 0 Å². The van der Waals surface area contributed by atoms with E-state index in [1.165, 1.54) is 0 Å². The summed E-state index contributed by atoms with van der Waals surface area (Å²) in [6.45, 7) is 2.67. The Hall–Kier alpha value is -1.35. The first-order valence-corrected chi connectivity index (χ1v) is 5.15. The summed E-state index contributed by atoms with van der Waals surface area (Å²) in [5.74, 6) is 0.00838. The largest absolute Gasteiger partial charge is 0.396 e. The van der Waals surface area contributed by atoms with Crippen molar-refractivity contribution in [3.63, 3.8) is 0 Å². The van der Waals surface area contributed by atoms with Gasteiger partial charge in [0.25, 0.3) is 0 Å². The summed E-state index contributed by atoms with van der Waals surface area (Å²) in [7, 11) is 0. The van der Waals surface area contributed by atoms with Crippen molar-refractivity contribution in [2.45, 2.75) is 19.8 Å². The van der Waals surface area contributed by atoms with Crippen molar-refractivity contribution in [1.29, 1.82) is 0 Å². The summed E-state index contributed by atoms with van der Waals surface area (Å²) in [6, 6.07) is 7.91. The van der Waals surface area contributed by atoms with Crippen LogP contribution in [-0.2, 0) is 11.2 Å². The van der Waals surface area contributed by atoms with Crippen LogP contribution in [0.4, 0.5) is 0 Å². The molecule has 1 aromatic carbocycles. The molecule has 1 aromatic rings. The van der Waals surface area contributed by atoms with E-state index in [2.05, 4.69) is 5.32 Å². The summed E-state index contributed by atoms with van der Waals surface area (Å²) >= 11 is 0. The molecule has 0 bridgehead atoms. The number of aliphatic hydroxyl groups excluding tert-OH is 1. The highest BCUT2D eigenvalue weighted by Gasteiger charge is 2.02. The number of aryl methyl sites for hydroxylation is 1. The van der Waals surface area contributed by atoms with Crippen LogP contribution in [0.1, 0.15) is 17.5 Å². The molecule has 1 amide bonds. The van der Waals surface area contributed by atoms with Gasteiger partial charge in [-0.2, -0.15) is 0 Å². The molecule has 0 fully saturated rings. The Morgan fingerprint density at radius 2 is 2.27 bits per heavy atom. The van der Waals surface area contributed by atoms with E-state index in [-0.39, 0.29) is 12.5 Å². The normalized spacial score (nSPS) is 10.0. The summed E-state index contributed by atoms with van der Waals surface area (Å²) < 4.78 is 0. The first kappa shape index (κ1) is 11.7. The lowest BCUT2D eigenvalue weighted by Gasteiger charge is -2.04. The highest BCUT2D eigenvalue weighted by Crippen LogP contribution is 2.04. The zero-order valence-electron chi connectivity index (χ0n) is 8.99. The van der Waals surface area contributed by atoms with Crippen molar-refractivity contribution >= 4 is 5.91 Å². The van der Waals surface area contributed by atoms with E-state index >= 15 is 0 Å². The van der Waals surface area contributed by atoms with E-state index in [0.717, 1.165) is 11.1 Å². The smallest absolute Gasteiger partial charge is 0.224 e. The van der Waals surface area contributed by atoms with Gasteiger partial charge in [-0.1, -0.05) is 29.8 Å². The van der Waals surface area contributed by atoms with Crippen LogP contribution in [0.5, 0.6) is 0 Å². The highest BCUT2D eigenvalue weighted by atomic mass is 16.3. The minimum atomic E-state index is 0.00838. The third-order valence-electron chi connectivity index (χ3n) is 2.10. The summed E-state index contributed by atoms with van der Waals surface area (Å²) in [5, 5.41) is 11.3. The molecule has 0 aromatic heterocycles. The van der Waals surface area contributed by atoms with Gasteiger partial charge in [-0.15, -0.1) is 0 Å². The van der Waals surface area contributed by atoms with E-state index in [9.17, 15) is 4.79 Å². The molecule has 2 N–H and O–H groups in total. The van der Waals surface area contributed by atoms with Crippen molar-refractivity contribution in [2.75, 3.05) is 13.2 Å². The predicted molar refractivity (Wildman–Crippen MR) is 59.6 cm³/mol. The molecule has 1 rings (SSSR count). The molecule has 0 saturated carbocycles. The van der Waals surface area contributed by atoms with Crippen molar-refractivity contribution in [2.24, 2.45) is 0 Å². The summed E-state index contributed by atoms with van der Waals surface area (Å²) in [5.41, 5.74) is 2.19. The minimum Gasteiger partial charge on any atom is -0.396 e.